The zero-order valence-corrected chi connectivity index (χ0v) is 14.1. The largest absolute Gasteiger partial charge is 0.470 e. The van der Waals surface area contributed by atoms with Crippen LogP contribution in [0.2, 0.25) is 0 Å². The lowest BCUT2D eigenvalue weighted by molar-refractivity contribution is -0.385. The number of anilines is 2. The molecule has 1 aromatic heterocycles. The van der Waals surface area contributed by atoms with E-state index in [0.717, 1.165) is 6.33 Å². The zero-order chi connectivity index (χ0) is 18.4. The molecule has 25 heavy (non-hydrogen) atoms. The predicted molar refractivity (Wildman–Crippen MR) is 90.1 cm³/mol. The van der Waals surface area contributed by atoms with E-state index >= 15 is 0 Å². The normalized spacial score (nSPS) is 10.4. The zero-order valence-electron chi connectivity index (χ0n) is 14.1. The van der Waals surface area contributed by atoms with Gasteiger partial charge in [-0.25, -0.2) is 9.78 Å². The summed E-state index contributed by atoms with van der Waals surface area (Å²) >= 11 is 0. The van der Waals surface area contributed by atoms with Gasteiger partial charge in [-0.05, 0) is 32.9 Å². The summed E-state index contributed by atoms with van der Waals surface area (Å²) in [4.78, 5) is 30.6. The van der Waals surface area contributed by atoms with E-state index in [-0.39, 0.29) is 30.0 Å². The Morgan fingerprint density at radius 2 is 2.04 bits per heavy atom. The van der Waals surface area contributed by atoms with Gasteiger partial charge in [0.1, 0.15) is 6.33 Å². The molecule has 0 atom stereocenters. The second kappa shape index (κ2) is 8.04. The molecule has 0 saturated heterocycles. The van der Waals surface area contributed by atoms with Crippen LogP contribution in [0.15, 0.2) is 30.6 Å². The Kier molecular flexibility index (Phi) is 5.83. The molecule has 0 aliphatic carbocycles. The third-order valence-corrected chi connectivity index (χ3v) is 2.99. The number of benzene rings is 1. The van der Waals surface area contributed by atoms with Gasteiger partial charge in [0, 0.05) is 0 Å². The number of para-hydroxylation sites is 1. The third kappa shape index (κ3) is 4.40. The van der Waals surface area contributed by atoms with Crippen molar-refractivity contribution in [1.82, 2.24) is 9.97 Å². The van der Waals surface area contributed by atoms with E-state index in [9.17, 15) is 14.9 Å². The monoisotopic (exact) mass is 346 g/mol. The molecule has 0 bridgehead atoms. The smallest absolute Gasteiger partial charge is 0.373 e. The predicted octanol–water partition coefficient (Wildman–Crippen LogP) is 3.09. The summed E-state index contributed by atoms with van der Waals surface area (Å²) in [7, 11) is 0. The SMILES string of the molecule is CCOC(=O)c1ccccc1Nc1ncnc(OC(C)C)c1[N+](=O)[O-]. The lowest BCUT2D eigenvalue weighted by Gasteiger charge is -2.13. The molecule has 1 aromatic carbocycles. The standard InChI is InChI=1S/C16H18N4O5/c1-4-24-16(21)11-7-5-6-8-12(11)19-14-13(20(22)23)15(18-9-17-14)25-10(2)3/h5-10H,4H2,1-3H3,(H,17,18,19). The van der Waals surface area contributed by atoms with Crippen LogP contribution in [0.25, 0.3) is 0 Å². The van der Waals surface area contributed by atoms with Gasteiger partial charge < -0.3 is 14.8 Å². The quantitative estimate of drug-likeness (QED) is 0.462. The van der Waals surface area contributed by atoms with Gasteiger partial charge in [0.25, 0.3) is 5.88 Å². The van der Waals surface area contributed by atoms with Crippen LogP contribution in [0.3, 0.4) is 0 Å². The van der Waals surface area contributed by atoms with Gasteiger partial charge in [-0.1, -0.05) is 12.1 Å². The first kappa shape index (κ1) is 18.1. The van der Waals surface area contributed by atoms with E-state index in [1.54, 1.807) is 45.0 Å². The Balaban J connectivity index is 2.44. The number of rotatable bonds is 7. The lowest BCUT2D eigenvalue weighted by atomic mass is 10.2. The van der Waals surface area contributed by atoms with Crippen LogP contribution >= 0.6 is 0 Å². The molecule has 0 aliphatic rings. The van der Waals surface area contributed by atoms with E-state index in [0.29, 0.717) is 5.69 Å². The summed E-state index contributed by atoms with van der Waals surface area (Å²) in [6.45, 7) is 5.37. The Hall–Kier alpha value is -3.23. The summed E-state index contributed by atoms with van der Waals surface area (Å²) in [6.07, 6.45) is 0.855. The maximum absolute atomic E-state index is 12.0. The first-order chi connectivity index (χ1) is 11.9. The van der Waals surface area contributed by atoms with Gasteiger partial charge in [0.05, 0.1) is 28.9 Å². The van der Waals surface area contributed by atoms with Crippen LogP contribution < -0.4 is 10.1 Å². The van der Waals surface area contributed by atoms with E-state index in [1.165, 1.54) is 0 Å². The molecule has 0 unspecified atom stereocenters. The van der Waals surface area contributed by atoms with Gasteiger partial charge in [-0.15, -0.1) is 0 Å². The molecule has 9 nitrogen and oxygen atoms in total. The molecule has 0 radical (unpaired) electrons. The molecule has 1 heterocycles. The number of esters is 1. The number of hydrogen-bond donors (Lipinski definition) is 1. The van der Waals surface area contributed by atoms with Crippen molar-refractivity contribution in [3.8, 4) is 5.88 Å². The van der Waals surface area contributed by atoms with Gasteiger partial charge in [-0.3, -0.25) is 10.1 Å². The van der Waals surface area contributed by atoms with Crippen LogP contribution in [-0.2, 0) is 4.74 Å². The molecular weight excluding hydrogens is 328 g/mol. The van der Waals surface area contributed by atoms with Gasteiger partial charge in [0.15, 0.2) is 0 Å². The van der Waals surface area contributed by atoms with Crippen molar-refractivity contribution in [2.75, 3.05) is 11.9 Å². The number of nitro groups is 1. The van der Waals surface area contributed by atoms with Crippen molar-refractivity contribution >= 4 is 23.2 Å². The first-order valence-electron chi connectivity index (χ1n) is 7.63. The van der Waals surface area contributed by atoms with Crippen LogP contribution in [0.4, 0.5) is 17.2 Å². The highest BCUT2D eigenvalue weighted by Gasteiger charge is 2.26. The minimum Gasteiger partial charge on any atom is -0.470 e. The molecular formula is C16H18N4O5. The fraction of sp³-hybridized carbons (Fsp3) is 0.312. The maximum atomic E-state index is 12.0. The minimum atomic E-state index is -0.632. The summed E-state index contributed by atoms with van der Waals surface area (Å²) < 4.78 is 10.4. The number of carbonyl (C=O) groups excluding carboxylic acids is 1. The highest BCUT2D eigenvalue weighted by atomic mass is 16.6. The van der Waals surface area contributed by atoms with E-state index in [4.69, 9.17) is 9.47 Å². The molecule has 0 fully saturated rings. The second-order valence-electron chi connectivity index (χ2n) is 5.19. The Morgan fingerprint density at radius 3 is 2.68 bits per heavy atom. The third-order valence-electron chi connectivity index (χ3n) is 2.99. The summed E-state index contributed by atoms with van der Waals surface area (Å²) in [5.74, 6) is -0.764. The van der Waals surface area contributed by atoms with Crippen LogP contribution in [-0.4, -0.2) is 33.6 Å². The highest BCUT2D eigenvalue weighted by molar-refractivity contribution is 5.96. The average Bonchev–Trinajstić information content (AvgIpc) is 2.55. The Bertz CT molecular complexity index is 779. The molecule has 9 heteroatoms. The van der Waals surface area contributed by atoms with Gasteiger partial charge >= 0.3 is 11.7 Å². The first-order valence-corrected chi connectivity index (χ1v) is 7.63. The minimum absolute atomic E-state index is 0.0765. The van der Waals surface area contributed by atoms with Crippen molar-refractivity contribution in [1.29, 1.82) is 0 Å². The Morgan fingerprint density at radius 1 is 1.32 bits per heavy atom. The van der Waals surface area contributed by atoms with Crippen molar-refractivity contribution in [2.24, 2.45) is 0 Å². The van der Waals surface area contributed by atoms with E-state index < -0.39 is 16.6 Å². The number of nitrogens with one attached hydrogen (secondary N) is 1. The van der Waals surface area contributed by atoms with Crippen LogP contribution in [0.1, 0.15) is 31.1 Å². The number of aromatic nitrogens is 2. The molecule has 1 N–H and O–H groups in total. The fourth-order valence-corrected chi connectivity index (χ4v) is 2.03. The van der Waals surface area contributed by atoms with Crippen molar-refractivity contribution < 1.29 is 19.2 Å². The second-order valence-corrected chi connectivity index (χ2v) is 5.19. The Labute approximate surface area is 144 Å². The highest BCUT2D eigenvalue weighted by Crippen LogP contribution is 2.34. The lowest BCUT2D eigenvalue weighted by Crippen LogP contribution is -2.12. The maximum Gasteiger partial charge on any atom is 0.373 e. The van der Waals surface area contributed by atoms with E-state index in [1.807, 2.05) is 0 Å². The van der Waals surface area contributed by atoms with Gasteiger partial charge in [0.2, 0.25) is 5.82 Å². The number of carbonyl (C=O) groups is 1. The van der Waals surface area contributed by atoms with Crippen molar-refractivity contribution in [2.45, 2.75) is 26.9 Å². The van der Waals surface area contributed by atoms with Crippen LogP contribution in [0, 0.1) is 10.1 Å². The molecule has 0 saturated carbocycles. The molecule has 0 spiro atoms. The molecule has 2 rings (SSSR count). The number of nitrogens with zero attached hydrogens (tertiary/aromatic N) is 3. The molecule has 2 aromatic rings. The number of hydrogen-bond acceptors (Lipinski definition) is 8. The average molecular weight is 346 g/mol. The fourth-order valence-electron chi connectivity index (χ4n) is 2.03. The molecule has 132 valence electrons. The summed E-state index contributed by atoms with van der Waals surface area (Å²) in [5, 5.41) is 14.3. The summed E-state index contributed by atoms with van der Waals surface area (Å²) in [5.41, 5.74) is 0.164. The number of ether oxygens (including phenoxy) is 2. The van der Waals surface area contributed by atoms with Crippen molar-refractivity contribution in [3.63, 3.8) is 0 Å². The topological polar surface area (TPSA) is 116 Å². The summed E-state index contributed by atoms with van der Waals surface area (Å²) in [6, 6.07) is 6.50. The van der Waals surface area contributed by atoms with Crippen molar-refractivity contribution in [3.05, 3.63) is 46.3 Å². The van der Waals surface area contributed by atoms with Crippen LogP contribution in [0.5, 0.6) is 5.88 Å². The molecule has 0 aliphatic heterocycles. The van der Waals surface area contributed by atoms with Gasteiger partial charge in [-0.2, -0.15) is 4.98 Å². The van der Waals surface area contributed by atoms with E-state index in [2.05, 4.69) is 15.3 Å². The molecule has 0 amide bonds.